The summed E-state index contributed by atoms with van der Waals surface area (Å²) in [6.45, 7) is 2.12. The van der Waals surface area contributed by atoms with Crippen molar-refractivity contribution in [2.75, 3.05) is 14.2 Å². The molecule has 178 valence electrons. The van der Waals surface area contributed by atoms with Crippen LogP contribution in [-0.4, -0.2) is 14.2 Å². The van der Waals surface area contributed by atoms with Crippen molar-refractivity contribution in [2.45, 2.75) is 6.92 Å². The number of hydrogen-bond donors (Lipinski definition) is 0. The molecular formula is C33H27IO2. The molecule has 5 aromatic carbocycles. The van der Waals surface area contributed by atoms with Gasteiger partial charge in [0.1, 0.15) is 11.5 Å². The SMILES string of the molecule is COc1ccc(OC)c2cc(C(=C(c3ccccc3)c3ccccc3)c3ccc(C)cc3)c(I)cc12. The number of rotatable bonds is 6. The summed E-state index contributed by atoms with van der Waals surface area (Å²) in [4.78, 5) is 0. The van der Waals surface area contributed by atoms with Crippen LogP contribution in [0.4, 0.5) is 0 Å². The van der Waals surface area contributed by atoms with Crippen molar-refractivity contribution in [3.63, 3.8) is 0 Å². The maximum Gasteiger partial charge on any atom is 0.126 e. The molecule has 0 saturated heterocycles. The molecule has 0 spiro atoms. The monoisotopic (exact) mass is 582 g/mol. The van der Waals surface area contributed by atoms with E-state index in [2.05, 4.69) is 127 Å². The molecule has 0 amide bonds. The van der Waals surface area contributed by atoms with Gasteiger partial charge in [0.2, 0.25) is 0 Å². The number of halogens is 1. The summed E-state index contributed by atoms with van der Waals surface area (Å²) in [5.74, 6) is 1.66. The van der Waals surface area contributed by atoms with Crippen LogP contribution in [0, 0.1) is 10.5 Å². The molecule has 0 heterocycles. The molecule has 0 aromatic heterocycles. The van der Waals surface area contributed by atoms with Crippen LogP contribution < -0.4 is 9.47 Å². The van der Waals surface area contributed by atoms with Gasteiger partial charge in [-0.2, -0.15) is 0 Å². The Morgan fingerprint density at radius 1 is 0.556 bits per heavy atom. The molecule has 0 aliphatic rings. The van der Waals surface area contributed by atoms with E-state index in [1.807, 2.05) is 12.1 Å². The average molecular weight is 582 g/mol. The predicted molar refractivity (Wildman–Crippen MR) is 159 cm³/mol. The number of fused-ring (bicyclic) bond motifs is 1. The highest BCUT2D eigenvalue weighted by molar-refractivity contribution is 14.1. The third-order valence-electron chi connectivity index (χ3n) is 6.45. The van der Waals surface area contributed by atoms with Crippen molar-refractivity contribution >= 4 is 44.5 Å². The molecule has 2 nitrogen and oxygen atoms in total. The minimum atomic E-state index is 0.827. The van der Waals surface area contributed by atoms with E-state index < -0.39 is 0 Å². The van der Waals surface area contributed by atoms with Gasteiger partial charge in [0.05, 0.1) is 14.2 Å². The predicted octanol–water partition coefficient (Wildman–Crippen LogP) is 8.78. The van der Waals surface area contributed by atoms with Crippen LogP contribution in [0.25, 0.3) is 21.9 Å². The highest BCUT2D eigenvalue weighted by Crippen LogP contribution is 2.42. The quantitative estimate of drug-likeness (QED) is 0.147. The number of aryl methyl sites for hydroxylation is 1. The first-order valence-corrected chi connectivity index (χ1v) is 13.0. The summed E-state index contributed by atoms with van der Waals surface area (Å²) >= 11 is 2.46. The first-order chi connectivity index (χ1) is 17.6. The maximum atomic E-state index is 5.78. The molecule has 0 N–H and O–H groups in total. The van der Waals surface area contributed by atoms with E-state index in [4.69, 9.17) is 9.47 Å². The zero-order valence-electron chi connectivity index (χ0n) is 20.6. The van der Waals surface area contributed by atoms with Gasteiger partial charge >= 0.3 is 0 Å². The lowest BCUT2D eigenvalue weighted by atomic mass is 9.85. The molecule has 5 aromatic rings. The minimum Gasteiger partial charge on any atom is -0.496 e. The molecule has 0 fully saturated rings. The van der Waals surface area contributed by atoms with Gasteiger partial charge in [0.15, 0.2) is 0 Å². The number of ether oxygens (including phenoxy) is 2. The van der Waals surface area contributed by atoms with Crippen molar-refractivity contribution in [3.05, 3.63) is 141 Å². The fourth-order valence-electron chi connectivity index (χ4n) is 4.68. The third-order valence-corrected chi connectivity index (χ3v) is 7.34. The van der Waals surface area contributed by atoms with E-state index in [1.54, 1.807) is 14.2 Å². The number of hydrogen-bond acceptors (Lipinski definition) is 2. The highest BCUT2D eigenvalue weighted by Gasteiger charge is 2.20. The van der Waals surface area contributed by atoms with Crippen LogP contribution in [-0.2, 0) is 0 Å². The Labute approximate surface area is 226 Å². The van der Waals surface area contributed by atoms with Gasteiger partial charge < -0.3 is 9.47 Å². The Morgan fingerprint density at radius 3 is 1.53 bits per heavy atom. The van der Waals surface area contributed by atoms with Gasteiger partial charge in [-0.1, -0.05) is 90.5 Å². The highest BCUT2D eigenvalue weighted by atomic mass is 127. The fourth-order valence-corrected chi connectivity index (χ4v) is 5.42. The lowest BCUT2D eigenvalue weighted by Gasteiger charge is -2.20. The molecule has 0 radical (unpaired) electrons. The van der Waals surface area contributed by atoms with Crippen molar-refractivity contribution in [1.29, 1.82) is 0 Å². The van der Waals surface area contributed by atoms with Crippen LogP contribution in [0.1, 0.15) is 27.8 Å². The lowest BCUT2D eigenvalue weighted by molar-refractivity contribution is 0.410. The van der Waals surface area contributed by atoms with Crippen molar-refractivity contribution in [1.82, 2.24) is 0 Å². The Morgan fingerprint density at radius 2 is 1.03 bits per heavy atom. The summed E-state index contributed by atoms with van der Waals surface area (Å²) in [6.07, 6.45) is 0. The van der Waals surface area contributed by atoms with Gasteiger partial charge in [0.25, 0.3) is 0 Å². The standard InChI is InChI=1S/C33H27IO2/c1-22-14-16-25(17-15-22)33(32(23-10-6-4-7-11-23)24-12-8-5-9-13-24)28-20-26-27(21-29(28)34)31(36-3)19-18-30(26)35-2/h4-21H,1-3H3. The second-order valence-corrected chi connectivity index (χ2v) is 9.86. The molecule has 0 atom stereocenters. The smallest absolute Gasteiger partial charge is 0.126 e. The van der Waals surface area contributed by atoms with Gasteiger partial charge in [0, 0.05) is 14.3 Å². The van der Waals surface area contributed by atoms with E-state index in [9.17, 15) is 0 Å². The molecule has 5 rings (SSSR count). The van der Waals surface area contributed by atoms with E-state index in [-0.39, 0.29) is 0 Å². The third kappa shape index (κ3) is 4.63. The van der Waals surface area contributed by atoms with Crippen LogP contribution in [0.5, 0.6) is 11.5 Å². The van der Waals surface area contributed by atoms with Crippen molar-refractivity contribution < 1.29 is 9.47 Å². The molecule has 3 heteroatoms. The normalized spacial score (nSPS) is 10.8. The molecule has 0 bridgehead atoms. The molecule has 0 unspecified atom stereocenters. The Kier molecular flexibility index (Phi) is 7.10. The van der Waals surface area contributed by atoms with E-state index in [0.717, 1.165) is 31.4 Å². The Balaban J connectivity index is 1.94. The minimum absolute atomic E-state index is 0.827. The van der Waals surface area contributed by atoms with Crippen molar-refractivity contribution in [2.24, 2.45) is 0 Å². The largest absolute Gasteiger partial charge is 0.496 e. The first kappa shape index (κ1) is 24.1. The van der Waals surface area contributed by atoms with Crippen LogP contribution in [0.3, 0.4) is 0 Å². The van der Waals surface area contributed by atoms with Crippen LogP contribution in [0.15, 0.2) is 109 Å². The fraction of sp³-hybridized carbons (Fsp3) is 0.0909. The summed E-state index contributed by atoms with van der Waals surface area (Å²) in [5, 5.41) is 2.06. The molecule has 0 aliphatic heterocycles. The summed E-state index contributed by atoms with van der Waals surface area (Å²) in [6, 6.07) is 38.5. The second kappa shape index (κ2) is 10.6. The molecular weight excluding hydrogens is 555 g/mol. The average Bonchev–Trinajstić information content (AvgIpc) is 2.92. The van der Waals surface area contributed by atoms with Gasteiger partial charge in [-0.3, -0.25) is 0 Å². The van der Waals surface area contributed by atoms with Gasteiger partial charge in [-0.15, -0.1) is 0 Å². The van der Waals surface area contributed by atoms with Crippen LogP contribution in [0.2, 0.25) is 0 Å². The molecule has 0 saturated carbocycles. The van der Waals surface area contributed by atoms with E-state index >= 15 is 0 Å². The second-order valence-electron chi connectivity index (χ2n) is 8.70. The summed E-state index contributed by atoms with van der Waals surface area (Å²) < 4.78 is 12.6. The Hall–Kier alpha value is -3.57. The van der Waals surface area contributed by atoms with Crippen molar-refractivity contribution in [3.8, 4) is 11.5 Å². The summed E-state index contributed by atoms with van der Waals surface area (Å²) in [7, 11) is 3.43. The lowest BCUT2D eigenvalue weighted by Crippen LogP contribution is -2.00. The number of benzene rings is 5. The zero-order chi connectivity index (χ0) is 25.1. The zero-order valence-corrected chi connectivity index (χ0v) is 22.7. The number of methoxy groups -OCH3 is 2. The topological polar surface area (TPSA) is 18.5 Å². The van der Waals surface area contributed by atoms with Gasteiger partial charge in [-0.05, 0) is 87.2 Å². The van der Waals surface area contributed by atoms with Crippen LogP contribution >= 0.6 is 22.6 Å². The maximum absolute atomic E-state index is 5.78. The Bertz CT molecular complexity index is 1500. The first-order valence-electron chi connectivity index (χ1n) is 11.9. The van der Waals surface area contributed by atoms with E-state index in [1.165, 1.54) is 33.4 Å². The van der Waals surface area contributed by atoms with E-state index in [0.29, 0.717) is 0 Å². The molecule has 0 aliphatic carbocycles. The summed E-state index contributed by atoms with van der Waals surface area (Å²) in [5.41, 5.74) is 8.28. The van der Waals surface area contributed by atoms with Gasteiger partial charge in [-0.25, -0.2) is 0 Å². The molecule has 36 heavy (non-hydrogen) atoms.